The van der Waals surface area contributed by atoms with E-state index < -0.39 is 0 Å². The maximum Gasteiger partial charge on any atom is 0.223 e. The lowest BCUT2D eigenvalue weighted by Gasteiger charge is -2.30. The summed E-state index contributed by atoms with van der Waals surface area (Å²) in [6.07, 6.45) is 7.49. The molecule has 0 bridgehead atoms. The molecular formula is C31H58N6O4S2. The first-order valence-electron chi connectivity index (χ1n) is 16.4. The van der Waals surface area contributed by atoms with Gasteiger partial charge in [-0.15, -0.1) is 0 Å². The summed E-state index contributed by atoms with van der Waals surface area (Å²) in [5.74, 6) is 3.44. The molecule has 0 aromatic carbocycles. The van der Waals surface area contributed by atoms with Crippen LogP contribution in [-0.2, 0) is 19.2 Å². The third-order valence-electron chi connectivity index (χ3n) is 8.27. The van der Waals surface area contributed by atoms with Crippen molar-refractivity contribution in [1.29, 1.82) is 0 Å². The SMILES string of the molecule is CCSC1CCN(CC2CCC(C(=O)NCCNC(C)=O)CC2)C1.CCSC1CCN(CCC(=O)NCCNC(C)=O)C1. The summed E-state index contributed by atoms with van der Waals surface area (Å²) in [6, 6.07) is 0. The van der Waals surface area contributed by atoms with Crippen molar-refractivity contribution in [3.05, 3.63) is 0 Å². The number of rotatable bonds is 16. The molecule has 4 amide bonds. The third kappa shape index (κ3) is 17.0. The largest absolute Gasteiger partial charge is 0.355 e. The zero-order chi connectivity index (χ0) is 31.5. The van der Waals surface area contributed by atoms with E-state index in [2.05, 4.69) is 56.7 Å². The normalized spacial score (nSPS) is 24.1. The van der Waals surface area contributed by atoms with Crippen LogP contribution in [0, 0.1) is 11.8 Å². The molecule has 1 aliphatic carbocycles. The van der Waals surface area contributed by atoms with Crippen LogP contribution in [0.25, 0.3) is 0 Å². The fourth-order valence-corrected chi connectivity index (χ4v) is 8.16. The van der Waals surface area contributed by atoms with Gasteiger partial charge >= 0.3 is 0 Å². The van der Waals surface area contributed by atoms with E-state index in [4.69, 9.17) is 0 Å². The van der Waals surface area contributed by atoms with E-state index >= 15 is 0 Å². The van der Waals surface area contributed by atoms with Crippen LogP contribution in [0.3, 0.4) is 0 Å². The number of amides is 4. The molecule has 0 radical (unpaired) electrons. The summed E-state index contributed by atoms with van der Waals surface area (Å²) < 4.78 is 0. The van der Waals surface area contributed by atoms with Gasteiger partial charge in [-0.2, -0.15) is 23.5 Å². The van der Waals surface area contributed by atoms with Crippen molar-refractivity contribution in [1.82, 2.24) is 31.1 Å². The number of nitrogens with zero attached hydrogens (tertiary/aromatic N) is 2. The molecule has 248 valence electrons. The smallest absolute Gasteiger partial charge is 0.223 e. The van der Waals surface area contributed by atoms with Gasteiger partial charge in [0, 0.05) is 89.0 Å². The summed E-state index contributed by atoms with van der Waals surface area (Å²) in [7, 11) is 0. The molecule has 12 heteroatoms. The molecule has 3 fully saturated rings. The first kappa shape index (κ1) is 37.7. The van der Waals surface area contributed by atoms with Gasteiger partial charge in [0.2, 0.25) is 23.6 Å². The fourth-order valence-electron chi connectivity index (χ4n) is 6.04. The Labute approximate surface area is 268 Å². The Hall–Kier alpha value is -1.50. The van der Waals surface area contributed by atoms with Crippen molar-refractivity contribution < 1.29 is 19.2 Å². The van der Waals surface area contributed by atoms with Gasteiger partial charge in [0.1, 0.15) is 0 Å². The van der Waals surface area contributed by atoms with Crippen molar-refractivity contribution in [2.45, 2.75) is 83.1 Å². The maximum atomic E-state index is 12.2. The van der Waals surface area contributed by atoms with Gasteiger partial charge in [-0.05, 0) is 69.0 Å². The van der Waals surface area contributed by atoms with Crippen molar-refractivity contribution in [3.63, 3.8) is 0 Å². The van der Waals surface area contributed by atoms with E-state index in [0.717, 1.165) is 48.9 Å². The lowest BCUT2D eigenvalue weighted by Crippen LogP contribution is -2.39. The first-order chi connectivity index (χ1) is 20.7. The van der Waals surface area contributed by atoms with Crippen molar-refractivity contribution in [2.75, 3.05) is 77.0 Å². The van der Waals surface area contributed by atoms with E-state index in [-0.39, 0.29) is 29.5 Å². The summed E-state index contributed by atoms with van der Waals surface area (Å²) >= 11 is 4.11. The summed E-state index contributed by atoms with van der Waals surface area (Å²) in [5.41, 5.74) is 0. The van der Waals surface area contributed by atoms with Gasteiger partial charge in [-0.25, -0.2) is 0 Å². The molecule has 10 nitrogen and oxygen atoms in total. The highest BCUT2D eigenvalue weighted by Gasteiger charge is 2.29. The zero-order valence-electron chi connectivity index (χ0n) is 27.1. The predicted octanol–water partition coefficient (Wildman–Crippen LogP) is 2.33. The second kappa shape index (κ2) is 22.1. The van der Waals surface area contributed by atoms with Gasteiger partial charge < -0.3 is 31.1 Å². The van der Waals surface area contributed by atoms with Crippen LogP contribution in [0.15, 0.2) is 0 Å². The minimum absolute atomic E-state index is 0.0498. The number of hydrogen-bond acceptors (Lipinski definition) is 8. The zero-order valence-corrected chi connectivity index (χ0v) is 28.7. The molecule has 2 heterocycles. The summed E-state index contributed by atoms with van der Waals surface area (Å²) in [6.45, 7) is 16.2. The molecular weight excluding hydrogens is 585 g/mol. The molecule has 1 saturated carbocycles. The van der Waals surface area contributed by atoms with E-state index in [9.17, 15) is 19.2 Å². The number of thioether (sulfide) groups is 2. The van der Waals surface area contributed by atoms with E-state index in [0.29, 0.717) is 32.6 Å². The number of likely N-dealkylation sites (tertiary alicyclic amines) is 2. The standard InChI is InChI=1S/C18H33N3O2S.C13H25N3O2S/c1-3-24-17-8-11-21(13-17)12-15-4-6-16(7-5-15)18(23)20-10-9-19-14(2)22;1-3-19-12-4-8-16(10-12)9-5-13(18)15-7-6-14-11(2)17/h15-17H,3-13H2,1-2H3,(H,19,22)(H,20,23);12H,3-10H2,1-2H3,(H,14,17)(H,15,18). The average molecular weight is 643 g/mol. The molecule has 2 saturated heterocycles. The van der Waals surface area contributed by atoms with Gasteiger partial charge in [-0.1, -0.05) is 13.8 Å². The topological polar surface area (TPSA) is 123 Å². The first-order valence-corrected chi connectivity index (χ1v) is 18.5. The Kier molecular flexibility index (Phi) is 19.3. The van der Waals surface area contributed by atoms with Crippen LogP contribution in [-0.4, -0.2) is 121 Å². The molecule has 2 aliphatic heterocycles. The monoisotopic (exact) mass is 642 g/mol. The minimum atomic E-state index is -0.0641. The average Bonchev–Trinajstić information content (AvgIpc) is 3.62. The predicted molar refractivity (Wildman–Crippen MR) is 179 cm³/mol. The van der Waals surface area contributed by atoms with Crippen molar-refractivity contribution in [2.24, 2.45) is 11.8 Å². The van der Waals surface area contributed by atoms with Crippen LogP contribution in [0.5, 0.6) is 0 Å². The molecule has 2 atom stereocenters. The molecule has 3 rings (SSSR count). The molecule has 0 aromatic heterocycles. The number of carbonyl (C=O) groups excluding carboxylic acids is 4. The quantitative estimate of drug-likeness (QED) is 0.189. The third-order valence-corrected chi connectivity index (χ3v) is 10.7. The number of carbonyl (C=O) groups is 4. The summed E-state index contributed by atoms with van der Waals surface area (Å²) in [4.78, 5) is 50.2. The van der Waals surface area contributed by atoms with Crippen LogP contribution in [0.2, 0.25) is 0 Å². The highest BCUT2D eigenvalue weighted by molar-refractivity contribution is 8.00. The molecule has 0 spiro atoms. The second-order valence-corrected chi connectivity index (χ2v) is 15.0. The van der Waals surface area contributed by atoms with Gasteiger partial charge in [-0.3, -0.25) is 19.2 Å². The Bertz CT molecular complexity index is 843. The van der Waals surface area contributed by atoms with E-state index in [1.54, 1.807) is 0 Å². The van der Waals surface area contributed by atoms with Crippen molar-refractivity contribution in [3.8, 4) is 0 Å². The van der Waals surface area contributed by atoms with Crippen molar-refractivity contribution >= 4 is 47.2 Å². The minimum Gasteiger partial charge on any atom is -0.355 e. The fraction of sp³-hybridized carbons (Fsp3) is 0.871. The molecule has 43 heavy (non-hydrogen) atoms. The Balaban J connectivity index is 0.000000309. The molecule has 0 aromatic rings. The van der Waals surface area contributed by atoms with Crippen LogP contribution in [0.1, 0.15) is 72.6 Å². The highest BCUT2D eigenvalue weighted by atomic mass is 32.2. The van der Waals surface area contributed by atoms with Gasteiger partial charge in [0.15, 0.2) is 0 Å². The lowest BCUT2D eigenvalue weighted by atomic mass is 9.81. The highest BCUT2D eigenvalue weighted by Crippen LogP contribution is 2.31. The van der Waals surface area contributed by atoms with E-state index in [1.807, 2.05) is 11.8 Å². The number of nitrogens with one attached hydrogen (secondary N) is 4. The van der Waals surface area contributed by atoms with E-state index in [1.165, 1.54) is 70.7 Å². The molecule has 4 N–H and O–H groups in total. The number of hydrogen-bond donors (Lipinski definition) is 4. The molecule has 2 unspecified atom stereocenters. The second-order valence-electron chi connectivity index (χ2n) is 11.9. The van der Waals surface area contributed by atoms with Crippen LogP contribution < -0.4 is 21.3 Å². The summed E-state index contributed by atoms with van der Waals surface area (Å²) in [5, 5.41) is 12.7. The maximum absolute atomic E-state index is 12.2. The Morgan fingerprint density at radius 1 is 0.674 bits per heavy atom. The Morgan fingerprint density at radius 3 is 1.74 bits per heavy atom. The molecule has 3 aliphatic rings. The van der Waals surface area contributed by atoms with Gasteiger partial charge in [0.25, 0.3) is 0 Å². The van der Waals surface area contributed by atoms with Gasteiger partial charge in [0.05, 0.1) is 0 Å². The van der Waals surface area contributed by atoms with Crippen LogP contribution in [0.4, 0.5) is 0 Å². The lowest BCUT2D eigenvalue weighted by molar-refractivity contribution is -0.126. The van der Waals surface area contributed by atoms with Crippen LogP contribution >= 0.6 is 23.5 Å². The Morgan fingerprint density at radius 2 is 1.19 bits per heavy atom.